The number of aromatic nitrogens is 1. The van der Waals surface area contributed by atoms with Crippen molar-refractivity contribution in [3.63, 3.8) is 0 Å². The van der Waals surface area contributed by atoms with Crippen molar-refractivity contribution in [1.29, 1.82) is 0 Å². The van der Waals surface area contributed by atoms with Crippen LogP contribution in [0.15, 0.2) is 36.7 Å². The van der Waals surface area contributed by atoms with Gasteiger partial charge in [-0.3, -0.25) is 4.98 Å². The lowest BCUT2D eigenvalue weighted by atomic mass is 10.0. The number of nitrogens with zero attached hydrogens (tertiary/aromatic N) is 1. The number of hydrogen-bond acceptors (Lipinski definition) is 4. The van der Waals surface area contributed by atoms with Crippen molar-refractivity contribution in [3.8, 4) is 16.9 Å². The Bertz CT molecular complexity index is 584. The summed E-state index contributed by atoms with van der Waals surface area (Å²) < 4.78 is 18.6. The van der Waals surface area contributed by atoms with Crippen LogP contribution in [0.2, 0.25) is 0 Å². The van der Waals surface area contributed by atoms with Gasteiger partial charge in [0.2, 0.25) is 0 Å². The molecular weight excluding hydrogens is 237 g/mol. The van der Waals surface area contributed by atoms with Crippen LogP contribution >= 0.6 is 0 Å². The lowest BCUT2D eigenvalue weighted by Crippen LogP contribution is -2.06. The molecule has 4 nitrogen and oxygen atoms in total. The number of phenols is 1. The Morgan fingerprint density at radius 2 is 1.94 bits per heavy atom. The van der Waals surface area contributed by atoms with E-state index in [1.807, 2.05) is 0 Å². The van der Waals surface area contributed by atoms with E-state index in [1.54, 1.807) is 12.1 Å². The number of methoxy groups -OCH3 is 1. The van der Waals surface area contributed by atoms with Crippen molar-refractivity contribution < 1.29 is 19.0 Å². The van der Waals surface area contributed by atoms with Gasteiger partial charge in [0.25, 0.3) is 0 Å². The fourth-order valence-electron chi connectivity index (χ4n) is 1.62. The van der Waals surface area contributed by atoms with Crippen LogP contribution in [-0.2, 0) is 4.74 Å². The molecule has 0 aliphatic heterocycles. The minimum absolute atomic E-state index is 0.204. The summed E-state index contributed by atoms with van der Waals surface area (Å²) in [5.41, 5.74) is 0.301. The summed E-state index contributed by atoms with van der Waals surface area (Å²) in [5.74, 6) is -2.17. The maximum atomic E-state index is 14.2. The van der Waals surface area contributed by atoms with Gasteiger partial charge < -0.3 is 9.84 Å². The van der Waals surface area contributed by atoms with E-state index in [9.17, 15) is 14.3 Å². The molecule has 0 atom stereocenters. The van der Waals surface area contributed by atoms with E-state index >= 15 is 0 Å². The molecule has 0 radical (unpaired) electrons. The molecule has 2 aromatic rings. The van der Waals surface area contributed by atoms with Gasteiger partial charge in [-0.25, -0.2) is 9.18 Å². The molecule has 0 aliphatic rings. The molecule has 0 amide bonds. The van der Waals surface area contributed by atoms with E-state index in [0.29, 0.717) is 5.56 Å². The zero-order valence-corrected chi connectivity index (χ0v) is 9.55. The maximum Gasteiger partial charge on any atom is 0.344 e. The molecule has 0 unspecified atom stereocenters. The van der Waals surface area contributed by atoms with Crippen LogP contribution in [0.4, 0.5) is 4.39 Å². The largest absolute Gasteiger partial charge is 0.507 e. The van der Waals surface area contributed by atoms with Crippen LogP contribution in [0.1, 0.15) is 10.4 Å². The van der Waals surface area contributed by atoms with E-state index in [1.165, 1.54) is 24.5 Å². The Morgan fingerprint density at radius 1 is 1.28 bits per heavy atom. The lowest BCUT2D eigenvalue weighted by Gasteiger charge is -2.08. The molecule has 0 saturated heterocycles. The third-order valence-corrected chi connectivity index (χ3v) is 2.50. The Morgan fingerprint density at radius 3 is 2.56 bits per heavy atom. The second kappa shape index (κ2) is 4.83. The summed E-state index contributed by atoms with van der Waals surface area (Å²) in [6, 6.07) is 5.87. The molecule has 18 heavy (non-hydrogen) atoms. The monoisotopic (exact) mass is 247 g/mol. The molecule has 1 heterocycles. The summed E-state index contributed by atoms with van der Waals surface area (Å²) >= 11 is 0. The number of halogens is 1. The van der Waals surface area contributed by atoms with Gasteiger partial charge >= 0.3 is 5.97 Å². The number of esters is 1. The first kappa shape index (κ1) is 12.0. The number of pyridine rings is 1. The molecule has 92 valence electrons. The van der Waals surface area contributed by atoms with Crippen molar-refractivity contribution in [1.82, 2.24) is 4.98 Å². The standard InChI is InChI=1S/C13H10FNO3/c1-18-13(17)11-10(16)3-2-9(12(11)14)8-4-6-15-7-5-8/h2-7,16H,1H3. The molecule has 0 fully saturated rings. The first-order valence-corrected chi connectivity index (χ1v) is 5.15. The first-order chi connectivity index (χ1) is 8.65. The fourth-order valence-corrected chi connectivity index (χ4v) is 1.62. The minimum Gasteiger partial charge on any atom is -0.507 e. The highest BCUT2D eigenvalue weighted by Gasteiger charge is 2.21. The zero-order chi connectivity index (χ0) is 13.1. The quantitative estimate of drug-likeness (QED) is 0.828. The number of carbonyl (C=O) groups is 1. The summed E-state index contributed by atoms with van der Waals surface area (Å²) in [5, 5.41) is 9.51. The number of ether oxygens (including phenoxy) is 1. The van der Waals surface area contributed by atoms with Gasteiger partial charge in [0.15, 0.2) is 0 Å². The van der Waals surface area contributed by atoms with Gasteiger partial charge in [-0.1, -0.05) is 0 Å². The Labute approximate surface area is 103 Å². The van der Waals surface area contributed by atoms with E-state index < -0.39 is 23.1 Å². The number of carbonyl (C=O) groups excluding carboxylic acids is 1. The van der Waals surface area contributed by atoms with Crippen molar-refractivity contribution >= 4 is 5.97 Å². The van der Waals surface area contributed by atoms with Crippen LogP contribution in [0, 0.1) is 5.82 Å². The van der Waals surface area contributed by atoms with Crippen molar-refractivity contribution in [3.05, 3.63) is 48.0 Å². The highest BCUT2D eigenvalue weighted by molar-refractivity contribution is 5.94. The molecule has 0 spiro atoms. The molecule has 1 aromatic carbocycles. The molecular formula is C13H10FNO3. The average Bonchev–Trinajstić information content (AvgIpc) is 2.39. The highest BCUT2D eigenvalue weighted by Crippen LogP contribution is 2.30. The molecule has 1 N–H and O–H groups in total. The Balaban J connectivity index is 2.62. The average molecular weight is 247 g/mol. The highest BCUT2D eigenvalue weighted by atomic mass is 19.1. The molecule has 0 aliphatic carbocycles. The fraction of sp³-hybridized carbons (Fsp3) is 0.0769. The third kappa shape index (κ3) is 2.02. The normalized spacial score (nSPS) is 10.1. The molecule has 1 aromatic heterocycles. The predicted octanol–water partition coefficient (Wildman–Crippen LogP) is 2.38. The summed E-state index contributed by atoms with van der Waals surface area (Å²) in [6.45, 7) is 0. The lowest BCUT2D eigenvalue weighted by molar-refractivity contribution is 0.0592. The number of aromatic hydroxyl groups is 1. The Hall–Kier alpha value is -2.43. The van der Waals surface area contributed by atoms with Gasteiger partial charge in [0.1, 0.15) is 17.1 Å². The topological polar surface area (TPSA) is 59.4 Å². The van der Waals surface area contributed by atoms with Crippen LogP contribution in [0.25, 0.3) is 11.1 Å². The van der Waals surface area contributed by atoms with Crippen LogP contribution < -0.4 is 0 Å². The predicted molar refractivity (Wildman–Crippen MR) is 62.6 cm³/mol. The van der Waals surface area contributed by atoms with E-state index in [-0.39, 0.29) is 5.56 Å². The summed E-state index contributed by atoms with van der Waals surface area (Å²) in [4.78, 5) is 15.2. The van der Waals surface area contributed by atoms with E-state index in [2.05, 4.69) is 9.72 Å². The molecule has 0 saturated carbocycles. The Kier molecular flexibility index (Phi) is 3.23. The van der Waals surface area contributed by atoms with Gasteiger partial charge in [0, 0.05) is 18.0 Å². The smallest absolute Gasteiger partial charge is 0.344 e. The summed E-state index contributed by atoms with van der Waals surface area (Å²) in [6.07, 6.45) is 3.03. The second-order valence-electron chi connectivity index (χ2n) is 3.55. The number of benzene rings is 1. The number of phenolic OH excluding ortho intramolecular Hbond substituents is 1. The molecule has 2 rings (SSSR count). The SMILES string of the molecule is COC(=O)c1c(O)ccc(-c2ccncc2)c1F. The molecule has 5 heteroatoms. The number of rotatable bonds is 2. The maximum absolute atomic E-state index is 14.2. The number of hydrogen-bond donors (Lipinski definition) is 1. The minimum atomic E-state index is -0.916. The van der Waals surface area contributed by atoms with Crippen molar-refractivity contribution in [2.45, 2.75) is 0 Å². The van der Waals surface area contributed by atoms with Crippen molar-refractivity contribution in [2.24, 2.45) is 0 Å². The first-order valence-electron chi connectivity index (χ1n) is 5.15. The second-order valence-corrected chi connectivity index (χ2v) is 3.55. The van der Waals surface area contributed by atoms with Gasteiger partial charge in [0.05, 0.1) is 7.11 Å². The molecule has 0 bridgehead atoms. The van der Waals surface area contributed by atoms with Crippen LogP contribution in [-0.4, -0.2) is 23.2 Å². The van der Waals surface area contributed by atoms with Crippen LogP contribution in [0.5, 0.6) is 5.75 Å². The van der Waals surface area contributed by atoms with E-state index in [4.69, 9.17) is 0 Å². The van der Waals surface area contributed by atoms with Gasteiger partial charge in [-0.15, -0.1) is 0 Å². The third-order valence-electron chi connectivity index (χ3n) is 2.50. The van der Waals surface area contributed by atoms with E-state index in [0.717, 1.165) is 7.11 Å². The summed E-state index contributed by atoms with van der Waals surface area (Å²) in [7, 11) is 1.13. The van der Waals surface area contributed by atoms with Crippen LogP contribution in [0.3, 0.4) is 0 Å². The zero-order valence-electron chi connectivity index (χ0n) is 9.55. The van der Waals surface area contributed by atoms with Gasteiger partial charge in [-0.2, -0.15) is 0 Å². The van der Waals surface area contributed by atoms with Gasteiger partial charge in [-0.05, 0) is 29.8 Å². The van der Waals surface area contributed by atoms with Crippen molar-refractivity contribution in [2.75, 3.05) is 7.11 Å².